The highest BCUT2D eigenvalue weighted by Gasteiger charge is 2.22. The molecule has 1 heterocycles. The Bertz CT molecular complexity index is 240. The first kappa shape index (κ1) is 11.2. The van der Waals surface area contributed by atoms with Crippen molar-refractivity contribution in [3.8, 4) is 0 Å². The largest absolute Gasteiger partial charge is 0.391 e. The minimum absolute atomic E-state index is 0.196. The Kier molecular flexibility index (Phi) is 3.97. The summed E-state index contributed by atoms with van der Waals surface area (Å²) in [6.45, 7) is 1.49. The lowest BCUT2D eigenvalue weighted by Crippen LogP contribution is -2.44. The monoisotopic (exact) mass is 227 g/mol. The lowest BCUT2D eigenvalue weighted by Gasteiger charge is -2.27. The highest BCUT2D eigenvalue weighted by atomic mass is 35.5. The fourth-order valence-electron chi connectivity index (χ4n) is 1.28. The number of halogens is 1. The van der Waals surface area contributed by atoms with Gasteiger partial charge in [0.25, 0.3) is 0 Å². The van der Waals surface area contributed by atoms with Gasteiger partial charge < -0.3 is 5.11 Å². The van der Waals surface area contributed by atoms with Crippen LogP contribution in [0.4, 0.5) is 0 Å². The normalized spacial score (nSPS) is 25.7. The molecule has 0 bridgehead atoms. The van der Waals surface area contributed by atoms with Crippen molar-refractivity contribution in [1.82, 2.24) is 4.90 Å². The summed E-state index contributed by atoms with van der Waals surface area (Å²) >= 11 is 5.43. The second-order valence-electron chi connectivity index (χ2n) is 3.26. The van der Waals surface area contributed by atoms with E-state index in [-0.39, 0.29) is 17.4 Å². The van der Waals surface area contributed by atoms with Gasteiger partial charge in [-0.1, -0.05) is 0 Å². The van der Waals surface area contributed by atoms with E-state index in [1.54, 1.807) is 0 Å². The Morgan fingerprint density at radius 2 is 1.92 bits per heavy atom. The van der Waals surface area contributed by atoms with Crippen molar-refractivity contribution in [2.45, 2.75) is 6.10 Å². The predicted molar refractivity (Wildman–Crippen MR) is 51.8 cm³/mol. The molecule has 0 unspecified atom stereocenters. The summed E-state index contributed by atoms with van der Waals surface area (Å²) in [5.41, 5.74) is 0. The highest BCUT2D eigenvalue weighted by Crippen LogP contribution is 2.04. The van der Waals surface area contributed by atoms with Crippen LogP contribution in [-0.2, 0) is 9.84 Å². The van der Waals surface area contributed by atoms with Crippen molar-refractivity contribution in [1.29, 1.82) is 0 Å². The Hall–Kier alpha value is 0.160. The predicted octanol–water partition coefficient (Wildman–Crippen LogP) is -0.683. The summed E-state index contributed by atoms with van der Waals surface area (Å²) < 4.78 is 22.1. The number of hydrogen-bond acceptors (Lipinski definition) is 4. The molecule has 6 heteroatoms. The van der Waals surface area contributed by atoms with Gasteiger partial charge in [0.15, 0.2) is 9.84 Å². The summed E-state index contributed by atoms with van der Waals surface area (Å²) in [6.07, 6.45) is -0.553. The van der Waals surface area contributed by atoms with Gasteiger partial charge >= 0.3 is 0 Å². The molecule has 78 valence electrons. The van der Waals surface area contributed by atoms with Gasteiger partial charge in [0.1, 0.15) is 0 Å². The molecule has 1 fully saturated rings. The van der Waals surface area contributed by atoms with Gasteiger partial charge in [0.2, 0.25) is 0 Å². The van der Waals surface area contributed by atoms with E-state index in [1.165, 1.54) is 0 Å². The number of hydrogen-bond donors (Lipinski definition) is 1. The average Bonchev–Trinajstić information content (AvgIpc) is 2.08. The third-order valence-electron chi connectivity index (χ3n) is 2.08. The molecular weight excluding hydrogens is 214 g/mol. The fraction of sp³-hybridized carbons (Fsp3) is 1.00. The molecule has 1 atom stereocenters. The van der Waals surface area contributed by atoms with Crippen LogP contribution in [0.5, 0.6) is 0 Å². The SMILES string of the molecule is O=S1(=O)CCN(C[C@@H](O)CCl)CC1. The summed E-state index contributed by atoms with van der Waals surface area (Å²) in [7, 11) is -2.81. The highest BCUT2D eigenvalue weighted by molar-refractivity contribution is 7.91. The minimum Gasteiger partial charge on any atom is -0.391 e. The van der Waals surface area contributed by atoms with Crippen LogP contribution in [0, 0.1) is 0 Å². The molecule has 1 N–H and O–H groups in total. The summed E-state index contributed by atoms with van der Waals surface area (Å²) in [6, 6.07) is 0. The van der Waals surface area contributed by atoms with Gasteiger partial charge in [-0.3, -0.25) is 4.90 Å². The molecule has 13 heavy (non-hydrogen) atoms. The van der Waals surface area contributed by atoms with Crippen LogP contribution in [0.1, 0.15) is 0 Å². The van der Waals surface area contributed by atoms with E-state index < -0.39 is 15.9 Å². The number of aliphatic hydroxyl groups is 1. The molecule has 0 amide bonds. The van der Waals surface area contributed by atoms with Crippen LogP contribution in [0.25, 0.3) is 0 Å². The van der Waals surface area contributed by atoms with Crippen molar-refractivity contribution in [2.75, 3.05) is 37.0 Å². The molecule has 1 saturated heterocycles. The van der Waals surface area contributed by atoms with E-state index >= 15 is 0 Å². The topological polar surface area (TPSA) is 57.6 Å². The fourth-order valence-corrected chi connectivity index (χ4v) is 2.65. The van der Waals surface area contributed by atoms with Crippen LogP contribution < -0.4 is 0 Å². The van der Waals surface area contributed by atoms with E-state index in [4.69, 9.17) is 11.6 Å². The lowest BCUT2D eigenvalue weighted by atomic mass is 10.3. The number of nitrogens with zero attached hydrogens (tertiary/aromatic N) is 1. The zero-order valence-corrected chi connectivity index (χ0v) is 8.89. The van der Waals surface area contributed by atoms with Crippen molar-refractivity contribution in [3.63, 3.8) is 0 Å². The van der Waals surface area contributed by atoms with E-state index in [0.717, 1.165) is 0 Å². The molecule has 0 aromatic carbocycles. The lowest BCUT2D eigenvalue weighted by molar-refractivity contribution is 0.134. The number of aliphatic hydroxyl groups excluding tert-OH is 1. The Balaban J connectivity index is 2.33. The standard InChI is InChI=1S/C7H14ClNO3S/c8-5-7(10)6-9-1-3-13(11,12)4-2-9/h7,10H,1-6H2/t7-/m0/s1. The van der Waals surface area contributed by atoms with Crippen LogP contribution in [-0.4, -0.2) is 61.5 Å². The molecule has 4 nitrogen and oxygen atoms in total. The Morgan fingerprint density at radius 3 is 2.38 bits per heavy atom. The Labute approximate surface area is 83.4 Å². The number of sulfone groups is 1. The van der Waals surface area contributed by atoms with Crippen molar-refractivity contribution >= 4 is 21.4 Å². The molecule has 1 aliphatic heterocycles. The number of β-amino-alcohol motifs (C(OH)–C–C–N with tert-alkyl or cyclic N) is 1. The quantitative estimate of drug-likeness (QED) is 0.649. The minimum atomic E-state index is -2.81. The van der Waals surface area contributed by atoms with E-state index in [1.807, 2.05) is 4.90 Å². The van der Waals surface area contributed by atoms with E-state index in [9.17, 15) is 13.5 Å². The van der Waals surface area contributed by atoms with E-state index in [2.05, 4.69) is 0 Å². The average molecular weight is 228 g/mol. The van der Waals surface area contributed by atoms with Gasteiger partial charge in [-0.25, -0.2) is 8.42 Å². The summed E-state index contributed by atoms with van der Waals surface area (Å²) in [5, 5.41) is 9.22. The van der Waals surface area contributed by atoms with Gasteiger partial charge in [-0.2, -0.15) is 0 Å². The Morgan fingerprint density at radius 1 is 1.38 bits per heavy atom. The van der Waals surface area contributed by atoms with Crippen LogP contribution >= 0.6 is 11.6 Å². The molecule has 0 radical (unpaired) electrons. The molecule has 0 spiro atoms. The first-order chi connectivity index (χ1) is 6.03. The first-order valence-electron chi connectivity index (χ1n) is 4.20. The van der Waals surface area contributed by atoms with Gasteiger partial charge in [0.05, 0.1) is 17.6 Å². The first-order valence-corrected chi connectivity index (χ1v) is 6.56. The van der Waals surface area contributed by atoms with Gasteiger partial charge in [-0.15, -0.1) is 11.6 Å². The van der Waals surface area contributed by atoms with Gasteiger partial charge in [-0.05, 0) is 0 Å². The number of rotatable bonds is 3. The molecule has 0 aromatic heterocycles. The zero-order chi connectivity index (χ0) is 9.90. The molecule has 0 saturated carbocycles. The third-order valence-corrected chi connectivity index (χ3v) is 4.05. The van der Waals surface area contributed by atoms with Crippen molar-refractivity contribution in [2.24, 2.45) is 0 Å². The second-order valence-corrected chi connectivity index (χ2v) is 5.87. The van der Waals surface area contributed by atoms with Crippen LogP contribution in [0.3, 0.4) is 0 Å². The maximum absolute atomic E-state index is 11.0. The maximum atomic E-state index is 11.0. The molecular formula is C7H14ClNO3S. The second kappa shape index (κ2) is 4.59. The molecule has 1 aliphatic rings. The third kappa shape index (κ3) is 3.81. The smallest absolute Gasteiger partial charge is 0.152 e. The summed E-state index contributed by atoms with van der Waals surface area (Å²) in [5.74, 6) is 0.591. The maximum Gasteiger partial charge on any atom is 0.152 e. The van der Waals surface area contributed by atoms with Gasteiger partial charge in [0, 0.05) is 25.5 Å². The zero-order valence-electron chi connectivity index (χ0n) is 7.32. The van der Waals surface area contributed by atoms with Crippen molar-refractivity contribution < 1.29 is 13.5 Å². The van der Waals surface area contributed by atoms with E-state index in [0.29, 0.717) is 19.6 Å². The molecule has 0 aromatic rings. The van der Waals surface area contributed by atoms with Crippen LogP contribution in [0.15, 0.2) is 0 Å². The number of alkyl halides is 1. The summed E-state index contributed by atoms with van der Waals surface area (Å²) in [4.78, 5) is 1.92. The molecule has 1 rings (SSSR count). The van der Waals surface area contributed by atoms with Crippen molar-refractivity contribution in [3.05, 3.63) is 0 Å². The van der Waals surface area contributed by atoms with Crippen LogP contribution in [0.2, 0.25) is 0 Å². The molecule has 0 aliphatic carbocycles.